The van der Waals surface area contributed by atoms with Crippen LogP contribution in [0.2, 0.25) is 0 Å². The summed E-state index contributed by atoms with van der Waals surface area (Å²) in [6.07, 6.45) is 17.9. The zero-order valence-corrected chi connectivity index (χ0v) is 11.7. The van der Waals surface area contributed by atoms with Gasteiger partial charge in [0.2, 0.25) is 0 Å². The molecule has 0 heterocycles. The Kier molecular flexibility index (Phi) is 11.1. The summed E-state index contributed by atoms with van der Waals surface area (Å²) in [6.45, 7) is 4.83. The molecular weight excluding hydrogens is 220 g/mol. The summed E-state index contributed by atoms with van der Waals surface area (Å²) >= 11 is 0. The van der Waals surface area contributed by atoms with Gasteiger partial charge in [-0.25, -0.2) is 0 Å². The maximum absolute atomic E-state index is 7.06. The highest BCUT2D eigenvalue weighted by Crippen LogP contribution is 2.10. The molecule has 0 aromatic rings. The third-order valence-electron chi connectivity index (χ3n) is 2.56. The van der Waals surface area contributed by atoms with Gasteiger partial charge in [0, 0.05) is 13.0 Å². The highest BCUT2D eigenvalue weighted by Gasteiger charge is 1.91. The summed E-state index contributed by atoms with van der Waals surface area (Å²) in [4.78, 5) is 0. The highest BCUT2D eigenvalue weighted by molar-refractivity contribution is 5.56. The number of nitrogens with one attached hydrogen (secondary N) is 1. The molecule has 18 heavy (non-hydrogen) atoms. The molecule has 0 aromatic heterocycles. The van der Waals surface area contributed by atoms with Crippen LogP contribution >= 0.6 is 0 Å². The first-order valence-electron chi connectivity index (χ1n) is 6.64. The fraction of sp³-hybridized carbons (Fsp3) is 0.438. The Bertz CT molecular complexity index is 333. The Morgan fingerprint density at radius 1 is 1.17 bits per heavy atom. The summed E-state index contributed by atoms with van der Waals surface area (Å²) in [7, 11) is 0. The van der Waals surface area contributed by atoms with Crippen LogP contribution in [0.5, 0.6) is 0 Å². The molecule has 0 aliphatic carbocycles. The van der Waals surface area contributed by atoms with Gasteiger partial charge in [-0.3, -0.25) is 0 Å². The van der Waals surface area contributed by atoms with Crippen LogP contribution < -0.4 is 5.73 Å². The van der Waals surface area contributed by atoms with Crippen molar-refractivity contribution in [3.8, 4) is 0 Å². The summed E-state index contributed by atoms with van der Waals surface area (Å²) in [5, 5.41) is 7.06. The summed E-state index contributed by atoms with van der Waals surface area (Å²) in [5.41, 5.74) is 8.05. The summed E-state index contributed by atoms with van der Waals surface area (Å²) in [6, 6.07) is 0. The summed E-state index contributed by atoms with van der Waals surface area (Å²) < 4.78 is 0. The highest BCUT2D eigenvalue weighted by atomic mass is 14.5. The van der Waals surface area contributed by atoms with Crippen LogP contribution in [-0.2, 0) is 0 Å². The Hall–Kier alpha value is -1.41. The quantitative estimate of drug-likeness (QED) is 0.466. The molecule has 0 aliphatic heterocycles. The largest absolute Gasteiger partial charge is 0.327 e. The fourth-order valence-electron chi connectivity index (χ4n) is 1.61. The van der Waals surface area contributed by atoms with Gasteiger partial charge in [-0.2, -0.15) is 0 Å². The molecule has 0 rings (SSSR count). The lowest BCUT2D eigenvalue weighted by Crippen LogP contribution is -1.92. The van der Waals surface area contributed by atoms with Crippen LogP contribution in [0.25, 0.3) is 0 Å². The van der Waals surface area contributed by atoms with Crippen LogP contribution in [0.1, 0.15) is 39.5 Å². The van der Waals surface area contributed by atoms with Crippen LogP contribution in [0, 0.1) is 5.41 Å². The van der Waals surface area contributed by atoms with Crippen LogP contribution in [0.3, 0.4) is 0 Å². The van der Waals surface area contributed by atoms with E-state index in [-0.39, 0.29) is 0 Å². The van der Waals surface area contributed by atoms with Crippen molar-refractivity contribution in [2.24, 2.45) is 5.73 Å². The van der Waals surface area contributed by atoms with Crippen LogP contribution in [0.15, 0.2) is 47.6 Å². The number of nitrogens with two attached hydrogens (primary N) is 1. The van der Waals surface area contributed by atoms with Crippen molar-refractivity contribution < 1.29 is 0 Å². The first-order valence-corrected chi connectivity index (χ1v) is 6.64. The normalized spacial score (nSPS) is 13.7. The minimum absolute atomic E-state index is 0.557. The third-order valence-corrected chi connectivity index (χ3v) is 2.56. The average molecular weight is 246 g/mol. The lowest BCUT2D eigenvalue weighted by Gasteiger charge is -2.00. The third kappa shape index (κ3) is 8.71. The molecule has 0 spiro atoms. The zero-order chi connectivity index (χ0) is 13.6. The van der Waals surface area contributed by atoms with Gasteiger partial charge in [0.15, 0.2) is 0 Å². The van der Waals surface area contributed by atoms with Gasteiger partial charge in [-0.15, -0.1) is 0 Å². The number of rotatable bonds is 9. The first-order chi connectivity index (χ1) is 8.78. The molecule has 0 aromatic carbocycles. The Morgan fingerprint density at radius 2 is 1.89 bits per heavy atom. The van der Waals surface area contributed by atoms with Gasteiger partial charge < -0.3 is 11.1 Å². The maximum Gasteiger partial charge on any atom is 0.0110 e. The predicted octanol–water partition coefficient (Wildman–Crippen LogP) is 4.16. The first kappa shape index (κ1) is 16.6. The van der Waals surface area contributed by atoms with E-state index in [2.05, 4.69) is 38.2 Å². The van der Waals surface area contributed by atoms with Gasteiger partial charge in [0.05, 0.1) is 0 Å². The van der Waals surface area contributed by atoms with Crippen molar-refractivity contribution in [1.29, 1.82) is 5.41 Å². The number of hydrogen-bond donors (Lipinski definition) is 2. The van der Waals surface area contributed by atoms with Crippen molar-refractivity contribution in [3.05, 3.63) is 47.6 Å². The molecule has 0 radical (unpaired) electrons. The molecule has 0 unspecified atom stereocenters. The van der Waals surface area contributed by atoms with E-state index in [0.29, 0.717) is 13.0 Å². The lowest BCUT2D eigenvalue weighted by atomic mass is 10.1. The lowest BCUT2D eigenvalue weighted by molar-refractivity contribution is 0.923. The van der Waals surface area contributed by atoms with E-state index in [1.165, 1.54) is 23.8 Å². The van der Waals surface area contributed by atoms with Gasteiger partial charge in [0.25, 0.3) is 0 Å². The second-order valence-corrected chi connectivity index (χ2v) is 4.08. The molecule has 100 valence electrons. The van der Waals surface area contributed by atoms with E-state index in [1.54, 1.807) is 0 Å². The minimum atomic E-state index is 0.557. The second kappa shape index (κ2) is 12.1. The molecule has 0 bridgehead atoms. The standard InChI is InChI=1S/C16H26N2/c1-3-8-15(4-2)9-5-10-16(11-6-13-17)12-7-14-18/h4-6,9,11-12,14,18H,3,7-8,10,13,17H2,1-2H3/b9-5-,11-6-,15-4-,16-12-,18-14?. The SMILES string of the molecule is C/C=C(\C=C/CC(/C=C\CN)=C/CC=N)CCC. The fourth-order valence-corrected chi connectivity index (χ4v) is 1.61. The molecule has 0 saturated heterocycles. The van der Waals surface area contributed by atoms with Gasteiger partial charge >= 0.3 is 0 Å². The van der Waals surface area contributed by atoms with E-state index in [4.69, 9.17) is 11.1 Å². The predicted molar refractivity (Wildman–Crippen MR) is 82.1 cm³/mol. The van der Waals surface area contributed by atoms with E-state index >= 15 is 0 Å². The molecular formula is C16H26N2. The zero-order valence-electron chi connectivity index (χ0n) is 11.7. The number of hydrogen-bond acceptors (Lipinski definition) is 2. The van der Waals surface area contributed by atoms with Crippen molar-refractivity contribution >= 4 is 6.21 Å². The number of allylic oxidation sites excluding steroid dienone is 7. The van der Waals surface area contributed by atoms with E-state index in [1.807, 2.05) is 12.2 Å². The van der Waals surface area contributed by atoms with Gasteiger partial charge in [-0.05, 0) is 31.6 Å². The van der Waals surface area contributed by atoms with Gasteiger partial charge in [-0.1, -0.05) is 55.4 Å². The van der Waals surface area contributed by atoms with Gasteiger partial charge in [0.1, 0.15) is 0 Å². The smallest absolute Gasteiger partial charge is 0.0110 e. The molecule has 0 atom stereocenters. The molecule has 3 N–H and O–H groups in total. The second-order valence-electron chi connectivity index (χ2n) is 4.08. The Labute approximate surface area is 111 Å². The molecule has 0 aliphatic rings. The minimum Gasteiger partial charge on any atom is -0.327 e. The van der Waals surface area contributed by atoms with E-state index in [0.717, 1.165) is 12.8 Å². The monoisotopic (exact) mass is 246 g/mol. The average Bonchev–Trinajstić information content (AvgIpc) is 2.40. The van der Waals surface area contributed by atoms with Crippen molar-refractivity contribution in [1.82, 2.24) is 0 Å². The van der Waals surface area contributed by atoms with E-state index in [9.17, 15) is 0 Å². The molecule has 0 fully saturated rings. The Morgan fingerprint density at radius 3 is 2.44 bits per heavy atom. The topological polar surface area (TPSA) is 49.9 Å². The summed E-state index contributed by atoms with van der Waals surface area (Å²) in [5.74, 6) is 0. The van der Waals surface area contributed by atoms with Crippen molar-refractivity contribution in [3.63, 3.8) is 0 Å². The van der Waals surface area contributed by atoms with Crippen molar-refractivity contribution in [2.45, 2.75) is 39.5 Å². The van der Waals surface area contributed by atoms with Crippen molar-refractivity contribution in [2.75, 3.05) is 6.54 Å². The molecule has 0 saturated carbocycles. The van der Waals surface area contributed by atoms with E-state index < -0.39 is 0 Å². The Balaban J connectivity index is 4.45. The molecule has 2 nitrogen and oxygen atoms in total. The van der Waals surface area contributed by atoms with Crippen LogP contribution in [0.4, 0.5) is 0 Å². The molecule has 2 heteroatoms. The molecule has 0 amide bonds. The maximum atomic E-state index is 7.06. The van der Waals surface area contributed by atoms with Crippen LogP contribution in [-0.4, -0.2) is 12.8 Å².